The average Bonchev–Trinajstić information content (AvgIpc) is 2.75. The van der Waals surface area contributed by atoms with Crippen molar-refractivity contribution in [2.45, 2.75) is 64.3 Å². The number of amides is 2. The molecular formula is C25H32N2O2. The number of anilines is 1. The number of carbonyl (C=O) groups excluding carboxylic acids is 2. The van der Waals surface area contributed by atoms with Gasteiger partial charge in [0.05, 0.1) is 0 Å². The van der Waals surface area contributed by atoms with Crippen molar-refractivity contribution in [1.29, 1.82) is 0 Å². The van der Waals surface area contributed by atoms with E-state index in [1.54, 1.807) is 0 Å². The van der Waals surface area contributed by atoms with Crippen LogP contribution in [0.4, 0.5) is 5.69 Å². The van der Waals surface area contributed by atoms with Crippen LogP contribution < -0.4 is 10.6 Å². The first-order valence-electron chi connectivity index (χ1n) is 10.8. The fourth-order valence-electron chi connectivity index (χ4n) is 3.89. The normalized spacial score (nSPS) is 15.7. The zero-order chi connectivity index (χ0) is 20.6. The molecule has 2 N–H and O–H groups in total. The number of hydrogen-bond acceptors (Lipinski definition) is 2. The minimum Gasteiger partial charge on any atom is -0.344 e. The monoisotopic (exact) mass is 392 g/mol. The second-order valence-corrected chi connectivity index (χ2v) is 8.35. The molecule has 2 aromatic carbocycles. The molecule has 1 atom stereocenters. The van der Waals surface area contributed by atoms with Gasteiger partial charge >= 0.3 is 0 Å². The molecule has 0 aliphatic heterocycles. The molecule has 1 aliphatic rings. The number of benzene rings is 2. The third kappa shape index (κ3) is 6.18. The maximum absolute atomic E-state index is 13.0. The van der Waals surface area contributed by atoms with Crippen LogP contribution in [0, 0.1) is 5.92 Å². The molecule has 0 bridgehead atoms. The van der Waals surface area contributed by atoms with E-state index >= 15 is 0 Å². The highest BCUT2D eigenvalue weighted by Gasteiger charge is 2.27. The molecule has 1 aliphatic carbocycles. The Balaban J connectivity index is 1.70. The summed E-state index contributed by atoms with van der Waals surface area (Å²) in [5.74, 6) is 0.312. The molecule has 0 aromatic heterocycles. The number of nitrogens with one attached hydrogen (secondary N) is 2. The first-order chi connectivity index (χ1) is 14.0. The van der Waals surface area contributed by atoms with Crippen LogP contribution in [0.5, 0.6) is 0 Å². The van der Waals surface area contributed by atoms with Gasteiger partial charge in [-0.2, -0.15) is 0 Å². The van der Waals surface area contributed by atoms with E-state index < -0.39 is 6.04 Å². The van der Waals surface area contributed by atoms with Crippen LogP contribution in [0.15, 0.2) is 54.6 Å². The van der Waals surface area contributed by atoms with E-state index in [9.17, 15) is 9.59 Å². The molecule has 0 heterocycles. The van der Waals surface area contributed by atoms with Gasteiger partial charge in [-0.3, -0.25) is 9.59 Å². The highest BCUT2D eigenvalue weighted by molar-refractivity contribution is 5.97. The largest absolute Gasteiger partial charge is 0.344 e. The molecule has 3 rings (SSSR count). The first kappa shape index (κ1) is 21.1. The quantitative estimate of drug-likeness (QED) is 0.692. The second-order valence-electron chi connectivity index (χ2n) is 8.35. The van der Waals surface area contributed by atoms with Crippen molar-refractivity contribution in [3.8, 4) is 0 Å². The van der Waals surface area contributed by atoms with Crippen LogP contribution in [0.2, 0.25) is 0 Å². The fraction of sp³-hybridized carbons (Fsp3) is 0.440. The van der Waals surface area contributed by atoms with E-state index in [0.717, 1.165) is 36.9 Å². The lowest BCUT2D eigenvalue weighted by Gasteiger charge is -2.25. The maximum Gasteiger partial charge on any atom is 0.247 e. The summed E-state index contributed by atoms with van der Waals surface area (Å²) in [5, 5.41) is 6.02. The smallest absolute Gasteiger partial charge is 0.247 e. The van der Waals surface area contributed by atoms with Crippen molar-refractivity contribution in [2.24, 2.45) is 5.92 Å². The van der Waals surface area contributed by atoms with E-state index in [4.69, 9.17) is 0 Å². The van der Waals surface area contributed by atoms with E-state index in [-0.39, 0.29) is 17.7 Å². The summed E-state index contributed by atoms with van der Waals surface area (Å²) in [5.41, 5.74) is 3.02. The molecule has 29 heavy (non-hydrogen) atoms. The van der Waals surface area contributed by atoms with Crippen LogP contribution >= 0.6 is 0 Å². The summed E-state index contributed by atoms with van der Waals surface area (Å²) in [6.45, 7) is 4.29. The molecular weight excluding hydrogens is 360 g/mol. The summed E-state index contributed by atoms with van der Waals surface area (Å²) in [6.07, 6.45) is 5.70. The highest BCUT2D eigenvalue weighted by Crippen LogP contribution is 2.24. The van der Waals surface area contributed by atoms with Crippen LogP contribution in [0.1, 0.15) is 63.0 Å². The molecule has 0 saturated heterocycles. The van der Waals surface area contributed by atoms with Crippen LogP contribution in [0.3, 0.4) is 0 Å². The summed E-state index contributed by atoms with van der Waals surface area (Å²) < 4.78 is 0. The minimum absolute atomic E-state index is 0.0101. The van der Waals surface area contributed by atoms with Crippen molar-refractivity contribution in [3.63, 3.8) is 0 Å². The average molecular weight is 393 g/mol. The molecule has 2 aromatic rings. The number of carbonyl (C=O) groups is 2. The Kier molecular flexibility index (Phi) is 7.45. The zero-order valence-electron chi connectivity index (χ0n) is 17.5. The minimum atomic E-state index is -0.586. The number of hydrogen-bond donors (Lipinski definition) is 2. The van der Waals surface area contributed by atoms with E-state index in [1.807, 2.05) is 54.6 Å². The molecule has 154 valence electrons. The van der Waals surface area contributed by atoms with Gasteiger partial charge in [0.1, 0.15) is 6.04 Å². The van der Waals surface area contributed by atoms with Gasteiger partial charge in [0.2, 0.25) is 11.8 Å². The van der Waals surface area contributed by atoms with Gasteiger partial charge in [0.25, 0.3) is 0 Å². The van der Waals surface area contributed by atoms with Crippen molar-refractivity contribution >= 4 is 17.5 Å². The molecule has 1 fully saturated rings. The summed E-state index contributed by atoms with van der Waals surface area (Å²) in [7, 11) is 0. The zero-order valence-corrected chi connectivity index (χ0v) is 17.5. The SMILES string of the molecule is CC(C)c1ccc(NC(=O)[C@@H](Cc2ccccc2)NC(=O)C2CCCCC2)cc1. The molecule has 2 amide bonds. The topological polar surface area (TPSA) is 58.2 Å². The van der Waals surface area contributed by atoms with E-state index in [0.29, 0.717) is 12.3 Å². The lowest BCUT2D eigenvalue weighted by atomic mass is 9.88. The number of rotatable bonds is 7. The van der Waals surface area contributed by atoms with Crippen molar-refractivity contribution in [3.05, 3.63) is 65.7 Å². The van der Waals surface area contributed by atoms with E-state index in [1.165, 1.54) is 12.0 Å². The van der Waals surface area contributed by atoms with Crippen molar-refractivity contribution in [2.75, 3.05) is 5.32 Å². The molecule has 4 heteroatoms. The summed E-state index contributed by atoms with van der Waals surface area (Å²) >= 11 is 0. The van der Waals surface area contributed by atoms with Crippen molar-refractivity contribution < 1.29 is 9.59 Å². The predicted molar refractivity (Wildman–Crippen MR) is 118 cm³/mol. The Bertz CT molecular complexity index is 793. The Morgan fingerprint density at radius 3 is 2.21 bits per heavy atom. The Hall–Kier alpha value is -2.62. The lowest BCUT2D eigenvalue weighted by molar-refractivity contribution is -0.130. The third-order valence-electron chi connectivity index (χ3n) is 5.74. The third-order valence-corrected chi connectivity index (χ3v) is 5.74. The van der Waals surface area contributed by atoms with Gasteiger partial charge in [-0.05, 0) is 42.0 Å². The molecule has 0 unspecified atom stereocenters. The van der Waals surface area contributed by atoms with Crippen LogP contribution in [0.25, 0.3) is 0 Å². The standard InChI is InChI=1S/C25H32N2O2/c1-18(2)20-13-15-22(16-14-20)26-25(29)23(17-19-9-5-3-6-10-19)27-24(28)21-11-7-4-8-12-21/h3,5-6,9-10,13-16,18,21,23H,4,7-8,11-12,17H2,1-2H3,(H,26,29)(H,27,28)/t23-/m1/s1. The molecule has 4 nitrogen and oxygen atoms in total. The van der Waals surface area contributed by atoms with Crippen LogP contribution in [-0.2, 0) is 16.0 Å². The Labute approximate surface area is 174 Å². The Morgan fingerprint density at radius 1 is 0.931 bits per heavy atom. The predicted octanol–water partition coefficient (Wildman–Crippen LogP) is 5.06. The van der Waals surface area contributed by atoms with Gasteiger partial charge in [-0.15, -0.1) is 0 Å². The molecule has 0 radical (unpaired) electrons. The highest BCUT2D eigenvalue weighted by atomic mass is 16.2. The van der Waals surface area contributed by atoms with E-state index in [2.05, 4.69) is 24.5 Å². The lowest BCUT2D eigenvalue weighted by Crippen LogP contribution is -2.47. The summed E-state index contributed by atoms with van der Waals surface area (Å²) in [6, 6.07) is 17.2. The van der Waals surface area contributed by atoms with Gasteiger partial charge in [0.15, 0.2) is 0 Å². The molecule has 1 saturated carbocycles. The van der Waals surface area contributed by atoms with Gasteiger partial charge in [-0.25, -0.2) is 0 Å². The van der Waals surface area contributed by atoms with Crippen LogP contribution in [-0.4, -0.2) is 17.9 Å². The molecule has 0 spiro atoms. The second kappa shape index (κ2) is 10.2. The van der Waals surface area contributed by atoms with Gasteiger partial charge in [0, 0.05) is 18.0 Å². The van der Waals surface area contributed by atoms with Gasteiger partial charge in [-0.1, -0.05) is 75.6 Å². The first-order valence-corrected chi connectivity index (χ1v) is 10.8. The van der Waals surface area contributed by atoms with Gasteiger partial charge < -0.3 is 10.6 Å². The van der Waals surface area contributed by atoms with Crippen molar-refractivity contribution in [1.82, 2.24) is 5.32 Å². The Morgan fingerprint density at radius 2 is 1.59 bits per heavy atom. The maximum atomic E-state index is 13.0. The summed E-state index contributed by atoms with van der Waals surface area (Å²) in [4.78, 5) is 25.8. The fourth-order valence-corrected chi connectivity index (χ4v) is 3.89.